The van der Waals surface area contributed by atoms with Gasteiger partial charge in [0.05, 0.1) is 25.4 Å². The number of rotatable bonds is 4. The Morgan fingerprint density at radius 3 is 2.59 bits per heavy atom. The van der Waals surface area contributed by atoms with Gasteiger partial charge in [0.1, 0.15) is 0 Å². The maximum Gasteiger partial charge on any atom is 0.198 e. The zero-order valence-corrected chi connectivity index (χ0v) is 10.2. The summed E-state index contributed by atoms with van der Waals surface area (Å²) in [7, 11) is 0. The van der Waals surface area contributed by atoms with Crippen LogP contribution in [0.15, 0.2) is 18.2 Å². The van der Waals surface area contributed by atoms with Crippen LogP contribution >= 0.6 is 0 Å². The van der Waals surface area contributed by atoms with Crippen LogP contribution in [0.1, 0.15) is 25.8 Å². The zero-order valence-electron chi connectivity index (χ0n) is 10.2. The summed E-state index contributed by atoms with van der Waals surface area (Å²) in [5.41, 5.74) is 0.642. The van der Waals surface area contributed by atoms with Crippen molar-refractivity contribution >= 4 is 0 Å². The first-order valence-electron chi connectivity index (χ1n) is 5.96. The number of phenols is 1. The lowest BCUT2D eigenvalue weighted by atomic mass is 10.0. The smallest absolute Gasteiger partial charge is 0.198 e. The minimum atomic E-state index is -0.822. The lowest BCUT2D eigenvalue weighted by Gasteiger charge is -2.27. The highest BCUT2D eigenvalue weighted by Crippen LogP contribution is 2.43. The van der Waals surface area contributed by atoms with Crippen LogP contribution in [0.25, 0.3) is 0 Å². The first-order chi connectivity index (χ1) is 8.23. The Bertz CT molecular complexity index is 383. The van der Waals surface area contributed by atoms with E-state index in [1.165, 1.54) is 0 Å². The van der Waals surface area contributed by atoms with Gasteiger partial charge in [0.25, 0.3) is 0 Å². The fraction of sp³-hybridized carbons (Fsp3) is 0.538. The topological polar surface area (TPSA) is 47.9 Å². The molecule has 17 heavy (non-hydrogen) atoms. The lowest BCUT2D eigenvalue weighted by molar-refractivity contribution is -0.168. The van der Waals surface area contributed by atoms with Crippen molar-refractivity contribution in [1.29, 1.82) is 0 Å². The quantitative estimate of drug-likeness (QED) is 0.875. The average Bonchev–Trinajstić information content (AvgIpc) is 2.82. The van der Waals surface area contributed by atoms with E-state index in [9.17, 15) is 5.11 Å². The van der Waals surface area contributed by atoms with Crippen molar-refractivity contribution in [2.45, 2.75) is 26.1 Å². The van der Waals surface area contributed by atoms with E-state index in [1.54, 1.807) is 6.07 Å². The molecule has 1 fully saturated rings. The molecule has 0 bridgehead atoms. The van der Waals surface area contributed by atoms with Crippen molar-refractivity contribution in [3.8, 4) is 11.5 Å². The molecule has 0 unspecified atom stereocenters. The Balaban J connectivity index is 2.40. The standard InChI is InChI=1S/C13H18O4/c1-3-13(16-8-9-17-13)10-6-5-7-11(12(10)14)15-4-2/h5-7,14H,3-4,8-9H2,1-2H3. The summed E-state index contributed by atoms with van der Waals surface area (Å²) in [4.78, 5) is 0. The van der Waals surface area contributed by atoms with Gasteiger partial charge >= 0.3 is 0 Å². The average molecular weight is 238 g/mol. The fourth-order valence-electron chi connectivity index (χ4n) is 2.11. The summed E-state index contributed by atoms with van der Waals surface area (Å²) >= 11 is 0. The van der Waals surface area contributed by atoms with Crippen molar-refractivity contribution in [2.75, 3.05) is 19.8 Å². The lowest BCUT2D eigenvalue weighted by Crippen LogP contribution is -2.26. The first kappa shape index (κ1) is 12.2. The maximum atomic E-state index is 10.2. The van der Waals surface area contributed by atoms with E-state index in [2.05, 4.69) is 0 Å². The van der Waals surface area contributed by atoms with Gasteiger partial charge < -0.3 is 19.3 Å². The molecule has 0 aromatic heterocycles. The SMILES string of the molecule is CCOc1cccc(C2(CC)OCCO2)c1O. The molecule has 0 atom stereocenters. The van der Waals surface area contributed by atoms with Crippen molar-refractivity contribution in [3.05, 3.63) is 23.8 Å². The molecule has 0 radical (unpaired) electrons. The Morgan fingerprint density at radius 1 is 1.29 bits per heavy atom. The molecule has 4 heteroatoms. The van der Waals surface area contributed by atoms with E-state index in [4.69, 9.17) is 14.2 Å². The third kappa shape index (κ3) is 2.10. The van der Waals surface area contributed by atoms with Crippen molar-refractivity contribution in [1.82, 2.24) is 0 Å². The first-order valence-corrected chi connectivity index (χ1v) is 5.96. The highest BCUT2D eigenvalue weighted by molar-refractivity contribution is 5.47. The normalized spacial score (nSPS) is 18.2. The number of hydrogen-bond donors (Lipinski definition) is 1. The summed E-state index contributed by atoms with van der Waals surface area (Å²) in [5.74, 6) is -0.244. The van der Waals surface area contributed by atoms with Crippen molar-refractivity contribution < 1.29 is 19.3 Å². The van der Waals surface area contributed by atoms with Gasteiger partial charge in [-0.3, -0.25) is 0 Å². The Kier molecular flexibility index (Phi) is 3.54. The van der Waals surface area contributed by atoms with Crippen LogP contribution in [0.2, 0.25) is 0 Å². The van der Waals surface area contributed by atoms with Gasteiger partial charge in [-0.2, -0.15) is 0 Å². The second-order valence-electron chi connectivity index (χ2n) is 3.89. The maximum absolute atomic E-state index is 10.2. The van der Waals surface area contributed by atoms with Crippen LogP contribution in [0.5, 0.6) is 11.5 Å². The van der Waals surface area contributed by atoms with Gasteiger partial charge in [-0.1, -0.05) is 13.0 Å². The molecule has 1 aromatic carbocycles. The van der Waals surface area contributed by atoms with Crippen LogP contribution in [0.3, 0.4) is 0 Å². The summed E-state index contributed by atoms with van der Waals surface area (Å²) in [5, 5.41) is 10.2. The minimum Gasteiger partial charge on any atom is -0.504 e. The van der Waals surface area contributed by atoms with Crippen LogP contribution in [-0.4, -0.2) is 24.9 Å². The third-order valence-electron chi connectivity index (χ3n) is 2.93. The molecule has 1 aliphatic rings. The number of aromatic hydroxyl groups is 1. The molecule has 1 heterocycles. The Morgan fingerprint density at radius 2 is 2.00 bits per heavy atom. The molecule has 1 N–H and O–H groups in total. The number of ether oxygens (including phenoxy) is 3. The molecule has 2 rings (SSSR count). The summed E-state index contributed by atoms with van der Waals surface area (Å²) in [6.07, 6.45) is 0.649. The molecular weight excluding hydrogens is 220 g/mol. The van der Waals surface area contributed by atoms with Crippen molar-refractivity contribution in [3.63, 3.8) is 0 Å². The zero-order chi connectivity index (χ0) is 12.3. The fourth-order valence-corrected chi connectivity index (χ4v) is 2.11. The van der Waals surface area contributed by atoms with E-state index in [0.717, 1.165) is 0 Å². The second kappa shape index (κ2) is 4.94. The van der Waals surface area contributed by atoms with E-state index in [-0.39, 0.29) is 5.75 Å². The number of phenolic OH excluding ortho intramolecular Hbond substituents is 1. The number of hydrogen-bond acceptors (Lipinski definition) is 4. The summed E-state index contributed by atoms with van der Waals surface area (Å²) < 4.78 is 16.7. The van der Waals surface area contributed by atoms with Crippen LogP contribution < -0.4 is 4.74 Å². The molecule has 1 aliphatic heterocycles. The summed E-state index contributed by atoms with van der Waals surface area (Å²) in [6.45, 7) is 5.46. The highest BCUT2D eigenvalue weighted by atomic mass is 16.7. The molecule has 0 saturated carbocycles. The van der Waals surface area contributed by atoms with Gasteiger partial charge in [-0.25, -0.2) is 0 Å². The molecule has 1 aromatic rings. The minimum absolute atomic E-state index is 0.109. The molecule has 1 saturated heterocycles. The molecule has 0 amide bonds. The van der Waals surface area contributed by atoms with Crippen LogP contribution in [0, 0.1) is 0 Å². The van der Waals surface area contributed by atoms with Gasteiger partial charge in [-0.15, -0.1) is 0 Å². The molecule has 94 valence electrons. The van der Waals surface area contributed by atoms with E-state index >= 15 is 0 Å². The Hall–Kier alpha value is -1.26. The van der Waals surface area contributed by atoms with Crippen molar-refractivity contribution in [2.24, 2.45) is 0 Å². The predicted octanol–water partition coefficient (Wildman–Crippen LogP) is 2.40. The van der Waals surface area contributed by atoms with Gasteiger partial charge in [0.2, 0.25) is 0 Å². The van der Waals surface area contributed by atoms with Gasteiger partial charge in [0, 0.05) is 6.42 Å². The molecule has 0 spiro atoms. The monoisotopic (exact) mass is 238 g/mol. The molecule has 0 aliphatic carbocycles. The Labute approximate surface area is 101 Å². The van der Waals surface area contributed by atoms with Gasteiger partial charge in [-0.05, 0) is 19.1 Å². The third-order valence-corrected chi connectivity index (χ3v) is 2.93. The second-order valence-corrected chi connectivity index (χ2v) is 3.89. The van der Waals surface area contributed by atoms with Gasteiger partial charge in [0.15, 0.2) is 17.3 Å². The molecular formula is C13H18O4. The largest absolute Gasteiger partial charge is 0.504 e. The number of para-hydroxylation sites is 1. The number of benzene rings is 1. The van der Waals surface area contributed by atoms with Crippen LogP contribution in [0.4, 0.5) is 0 Å². The molecule has 4 nitrogen and oxygen atoms in total. The van der Waals surface area contributed by atoms with E-state index in [0.29, 0.717) is 37.6 Å². The van der Waals surface area contributed by atoms with Crippen LogP contribution in [-0.2, 0) is 15.3 Å². The summed E-state index contributed by atoms with van der Waals surface area (Å²) in [6, 6.07) is 5.38. The van der Waals surface area contributed by atoms with E-state index < -0.39 is 5.79 Å². The predicted molar refractivity (Wildman–Crippen MR) is 63.1 cm³/mol. The van der Waals surface area contributed by atoms with E-state index in [1.807, 2.05) is 26.0 Å². The highest BCUT2D eigenvalue weighted by Gasteiger charge is 2.39.